The van der Waals surface area contributed by atoms with E-state index in [-0.39, 0.29) is 18.5 Å². The maximum atomic E-state index is 12.6. The molecule has 2 atom stereocenters. The number of nitrogens with zero attached hydrogens (tertiary/aromatic N) is 3. The maximum Gasteiger partial charge on any atom is 0.422 e. The molecule has 0 saturated carbocycles. The lowest BCUT2D eigenvalue weighted by Gasteiger charge is -2.38. The minimum Gasteiger partial charge on any atom is -0.449 e. The van der Waals surface area contributed by atoms with Gasteiger partial charge in [-0.05, 0) is 55.8 Å². The van der Waals surface area contributed by atoms with Gasteiger partial charge in [0, 0.05) is 24.2 Å². The van der Waals surface area contributed by atoms with Gasteiger partial charge in [0.15, 0.2) is 13.2 Å². The normalized spacial score (nSPS) is 17.7. The van der Waals surface area contributed by atoms with Crippen molar-refractivity contribution < 1.29 is 55.0 Å². The Labute approximate surface area is 229 Å². The molecule has 16 heteroatoms. The molecule has 3 rings (SSSR count). The molecule has 40 heavy (non-hydrogen) atoms. The predicted molar refractivity (Wildman–Crippen MR) is 128 cm³/mol. The number of amides is 1. The number of carbonyl (C=O) groups excluding carboxylic acids is 4. The Morgan fingerprint density at radius 2 is 1.57 bits per heavy atom. The molecule has 0 N–H and O–H groups in total. The van der Waals surface area contributed by atoms with Crippen LogP contribution in [-0.2, 0) is 28.7 Å². The first kappa shape index (κ1) is 32.8. The van der Waals surface area contributed by atoms with Crippen molar-refractivity contribution in [2.24, 2.45) is 5.92 Å². The highest BCUT2D eigenvalue weighted by molar-refractivity contribution is 6.80. The Kier molecular flexibility index (Phi) is 10.9. The van der Waals surface area contributed by atoms with E-state index >= 15 is 0 Å². The van der Waals surface area contributed by atoms with Gasteiger partial charge in [-0.25, -0.2) is 9.59 Å². The van der Waals surface area contributed by atoms with Gasteiger partial charge in [-0.3, -0.25) is 14.3 Å². The largest absolute Gasteiger partial charge is 0.449 e. The first-order chi connectivity index (χ1) is 18.4. The monoisotopic (exact) mass is 601 g/mol. The molecule has 0 bridgehead atoms. The zero-order valence-corrected chi connectivity index (χ0v) is 22.3. The highest BCUT2D eigenvalue weighted by Crippen LogP contribution is 2.35. The Bertz CT molecular complexity index is 1230. The molecule has 1 amide bonds. The fraction of sp³-hybridized carbons (Fsp3) is 0.542. The molecule has 1 aliphatic rings. The third-order valence-electron chi connectivity index (χ3n) is 5.61. The Balaban J connectivity index is 0.000000432. The van der Waals surface area contributed by atoms with Gasteiger partial charge in [0.05, 0.1) is 11.6 Å². The molecular formula is C24H26ClF6N3O6. The second kappa shape index (κ2) is 13.3. The van der Waals surface area contributed by atoms with Crippen LogP contribution >= 0.6 is 11.6 Å². The average molecular weight is 602 g/mol. The van der Waals surface area contributed by atoms with Crippen LogP contribution in [0, 0.1) is 5.92 Å². The van der Waals surface area contributed by atoms with E-state index in [1.165, 1.54) is 4.90 Å². The topological polar surface area (TPSA) is 108 Å². The number of hydrogen-bond donors (Lipinski definition) is 0. The number of aromatic nitrogens is 2. The number of rotatable bonds is 5. The van der Waals surface area contributed by atoms with Crippen molar-refractivity contribution in [3.63, 3.8) is 0 Å². The lowest BCUT2D eigenvalue weighted by Crippen LogP contribution is -2.45. The number of alkyl halides is 6. The van der Waals surface area contributed by atoms with E-state index in [1.807, 2.05) is 49.8 Å². The summed E-state index contributed by atoms with van der Waals surface area (Å²) in [5.74, 6) is -4.09. The first-order valence-corrected chi connectivity index (χ1v) is 12.2. The molecule has 1 saturated heterocycles. The van der Waals surface area contributed by atoms with Crippen LogP contribution in [0.3, 0.4) is 0 Å². The number of piperidine rings is 1. The van der Waals surface area contributed by atoms with Crippen LogP contribution in [0.15, 0.2) is 24.4 Å². The van der Waals surface area contributed by atoms with Crippen molar-refractivity contribution in [1.82, 2.24) is 14.7 Å². The van der Waals surface area contributed by atoms with Gasteiger partial charge >= 0.3 is 35.4 Å². The van der Waals surface area contributed by atoms with Gasteiger partial charge in [0.1, 0.15) is 0 Å². The van der Waals surface area contributed by atoms with Gasteiger partial charge in [-0.15, -0.1) is 0 Å². The number of halogens is 7. The molecule has 2 heterocycles. The SMILES string of the molecule is CC(C)n1cc2ccc([C@H]3CC[C@H](C)CN3C(=O)C(=O)OCC(F)(F)F)cc2n1.O=C(Cl)C(=O)OCC(F)(F)F. The van der Waals surface area contributed by atoms with Gasteiger partial charge < -0.3 is 14.4 Å². The van der Waals surface area contributed by atoms with Gasteiger partial charge in [0.25, 0.3) is 0 Å². The van der Waals surface area contributed by atoms with E-state index in [0.29, 0.717) is 6.42 Å². The first-order valence-electron chi connectivity index (χ1n) is 11.8. The van der Waals surface area contributed by atoms with Crippen molar-refractivity contribution in [3.8, 4) is 0 Å². The van der Waals surface area contributed by atoms with Crippen LogP contribution in [0.2, 0.25) is 0 Å². The summed E-state index contributed by atoms with van der Waals surface area (Å²) in [6.07, 6.45) is -5.93. The highest BCUT2D eigenvalue weighted by atomic mass is 35.5. The second-order valence-electron chi connectivity index (χ2n) is 9.33. The van der Waals surface area contributed by atoms with E-state index in [0.717, 1.165) is 22.9 Å². The predicted octanol–water partition coefficient (Wildman–Crippen LogP) is 4.88. The lowest BCUT2D eigenvalue weighted by molar-refractivity contribution is -0.190. The zero-order chi connectivity index (χ0) is 30.4. The van der Waals surface area contributed by atoms with Crippen LogP contribution < -0.4 is 0 Å². The van der Waals surface area contributed by atoms with E-state index in [2.05, 4.69) is 26.2 Å². The molecular weight excluding hydrogens is 576 g/mol. The molecule has 9 nitrogen and oxygen atoms in total. The Hall–Kier alpha value is -3.36. The van der Waals surface area contributed by atoms with Gasteiger partial charge in [-0.2, -0.15) is 31.4 Å². The number of esters is 2. The van der Waals surface area contributed by atoms with Crippen LogP contribution in [0.25, 0.3) is 10.9 Å². The summed E-state index contributed by atoms with van der Waals surface area (Å²) in [5, 5.41) is 3.92. The van der Waals surface area contributed by atoms with Crippen molar-refractivity contribution in [2.75, 3.05) is 19.8 Å². The number of ether oxygens (including phenoxy) is 2. The number of hydrogen-bond acceptors (Lipinski definition) is 7. The van der Waals surface area contributed by atoms with Gasteiger partial charge in [0.2, 0.25) is 0 Å². The van der Waals surface area contributed by atoms with E-state index in [9.17, 15) is 45.5 Å². The summed E-state index contributed by atoms with van der Waals surface area (Å²) < 4.78 is 80.1. The number of benzene rings is 1. The fourth-order valence-corrected chi connectivity index (χ4v) is 3.83. The summed E-state index contributed by atoms with van der Waals surface area (Å²) in [7, 11) is 0. The highest BCUT2D eigenvalue weighted by Gasteiger charge is 2.37. The molecule has 2 aromatic rings. The quantitative estimate of drug-likeness (QED) is 0.208. The third kappa shape index (κ3) is 9.99. The maximum absolute atomic E-state index is 12.6. The average Bonchev–Trinajstić information content (AvgIpc) is 3.28. The zero-order valence-electron chi connectivity index (χ0n) is 21.5. The molecule has 0 unspecified atom stereocenters. The van der Waals surface area contributed by atoms with Crippen LogP contribution in [0.5, 0.6) is 0 Å². The lowest BCUT2D eigenvalue weighted by atomic mass is 9.89. The van der Waals surface area contributed by atoms with Crippen molar-refractivity contribution in [1.29, 1.82) is 0 Å². The van der Waals surface area contributed by atoms with Crippen molar-refractivity contribution >= 4 is 45.6 Å². The fourth-order valence-electron chi connectivity index (χ4n) is 3.78. The Morgan fingerprint density at radius 1 is 1.00 bits per heavy atom. The molecule has 222 valence electrons. The number of fused-ring (bicyclic) bond motifs is 1. The number of carbonyl (C=O) groups is 4. The molecule has 1 fully saturated rings. The Morgan fingerprint density at radius 3 is 2.10 bits per heavy atom. The van der Waals surface area contributed by atoms with Crippen LogP contribution in [-0.4, -0.2) is 69.9 Å². The smallest absolute Gasteiger partial charge is 0.422 e. The third-order valence-corrected chi connectivity index (χ3v) is 5.76. The van der Waals surface area contributed by atoms with E-state index in [4.69, 9.17) is 0 Å². The molecule has 1 aliphatic heterocycles. The molecule has 0 aliphatic carbocycles. The summed E-state index contributed by atoms with van der Waals surface area (Å²) in [4.78, 5) is 45.6. The van der Waals surface area contributed by atoms with Crippen LogP contribution in [0.4, 0.5) is 26.3 Å². The summed E-state index contributed by atoms with van der Waals surface area (Å²) in [6, 6.07) is 5.43. The van der Waals surface area contributed by atoms with Crippen molar-refractivity contribution in [3.05, 3.63) is 30.0 Å². The standard InChI is InChI=1S/C20H24F3N3O3.C4H2ClF3O3/c1-12(2)26-10-15-6-5-14(8-16(15)24-26)17-7-4-13(3)9-25(17)18(27)19(28)29-11-20(21,22)23;5-2(9)3(10)11-1-4(6,7)8/h5-6,8,10,12-13,17H,4,7,9,11H2,1-3H3;1H2/t13-,17+;/m0./s1. The number of likely N-dealkylation sites (tertiary alicyclic amines) is 1. The molecule has 1 aromatic carbocycles. The minimum absolute atomic E-state index is 0.134. The molecule has 0 spiro atoms. The van der Waals surface area contributed by atoms with E-state index < -0.39 is 54.7 Å². The van der Waals surface area contributed by atoms with Crippen molar-refractivity contribution in [2.45, 2.75) is 58.0 Å². The minimum atomic E-state index is -4.68. The van der Waals surface area contributed by atoms with Gasteiger partial charge in [-0.1, -0.05) is 19.1 Å². The summed E-state index contributed by atoms with van der Waals surface area (Å²) in [6.45, 7) is 2.67. The van der Waals surface area contributed by atoms with Crippen LogP contribution in [0.1, 0.15) is 51.3 Å². The summed E-state index contributed by atoms with van der Waals surface area (Å²) >= 11 is 4.48. The second-order valence-corrected chi connectivity index (χ2v) is 9.68. The van der Waals surface area contributed by atoms with E-state index in [1.54, 1.807) is 0 Å². The molecule has 1 aromatic heterocycles. The summed E-state index contributed by atoms with van der Waals surface area (Å²) in [5.41, 5.74) is 1.57. The molecule has 0 radical (unpaired) electrons.